The van der Waals surface area contributed by atoms with Crippen molar-refractivity contribution >= 4 is 29.0 Å². The van der Waals surface area contributed by atoms with Gasteiger partial charge in [-0.2, -0.15) is 0 Å². The zero-order chi connectivity index (χ0) is 22.0. The van der Waals surface area contributed by atoms with Crippen molar-refractivity contribution in [3.63, 3.8) is 0 Å². The first-order valence-electron chi connectivity index (χ1n) is 10.1. The van der Waals surface area contributed by atoms with Crippen LogP contribution in [-0.2, 0) is 4.79 Å². The van der Waals surface area contributed by atoms with E-state index in [4.69, 9.17) is 4.99 Å². The van der Waals surface area contributed by atoms with Crippen molar-refractivity contribution < 1.29 is 9.59 Å². The highest BCUT2D eigenvalue weighted by atomic mass is 16.2. The molecule has 0 radical (unpaired) electrons. The minimum atomic E-state index is -1.06. The summed E-state index contributed by atoms with van der Waals surface area (Å²) in [5, 5.41) is 5.62. The molecule has 0 fully saturated rings. The zero-order valence-electron chi connectivity index (χ0n) is 17.7. The van der Waals surface area contributed by atoms with Crippen LogP contribution in [0.1, 0.15) is 22.3 Å². The fraction of sp³-hybridized carbons (Fsp3) is 0.160. The number of nitrogens with one attached hydrogen (secondary N) is 2. The topological polar surface area (TPSA) is 73.8 Å². The van der Waals surface area contributed by atoms with Crippen molar-refractivity contribution in [2.24, 2.45) is 4.99 Å². The van der Waals surface area contributed by atoms with Crippen molar-refractivity contribution in [2.75, 3.05) is 17.3 Å². The Balaban J connectivity index is 1.70. The highest BCUT2D eigenvalue weighted by Gasteiger charge is 2.31. The molecule has 0 aromatic heterocycles. The molecule has 3 aromatic rings. The maximum atomic E-state index is 13.2. The molecular formula is C25H24N4O2. The smallest absolute Gasteiger partial charge is 0.311 e. The van der Waals surface area contributed by atoms with Crippen LogP contribution < -0.4 is 15.5 Å². The van der Waals surface area contributed by atoms with Gasteiger partial charge in [0, 0.05) is 23.9 Å². The van der Waals surface area contributed by atoms with E-state index < -0.39 is 12.2 Å². The minimum Gasteiger partial charge on any atom is -0.311 e. The molecule has 156 valence electrons. The lowest BCUT2D eigenvalue weighted by atomic mass is 10.0. The molecule has 1 aliphatic heterocycles. The maximum absolute atomic E-state index is 13.2. The predicted molar refractivity (Wildman–Crippen MR) is 124 cm³/mol. The van der Waals surface area contributed by atoms with E-state index in [1.807, 2.05) is 86.6 Å². The molecule has 0 spiro atoms. The molecule has 0 unspecified atom stereocenters. The molecule has 6 nitrogen and oxygen atoms in total. The van der Waals surface area contributed by atoms with Crippen molar-refractivity contribution in [3.8, 4) is 0 Å². The fourth-order valence-corrected chi connectivity index (χ4v) is 3.73. The molecule has 3 amide bonds. The lowest BCUT2D eigenvalue weighted by Gasteiger charge is -2.21. The second kappa shape index (κ2) is 8.44. The first-order chi connectivity index (χ1) is 15.0. The number of carbonyl (C=O) groups excluding carboxylic acids is 2. The summed E-state index contributed by atoms with van der Waals surface area (Å²) in [5.41, 5.74) is 5.73. The summed E-state index contributed by atoms with van der Waals surface area (Å²) >= 11 is 0. The third kappa shape index (κ3) is 4.05. The number of aryl methyl sites for hydroxylation is 2. The molecule has 3 aromatic carbocycles. The Hall–Kier alpha value is -3.93. The fourth-order valence-electron chi connectivity index (χ4n) is 3.73. The molecule has 6 heteroatoms. The largest absolute Gasteiger partial charge is 0.321 e. The number of carbonyl (C=O) groups is 2. The summed E-state index contributed by atoms with van der Waals surface area (Å²) in [5.74, 6) is -0.310. The minimum absolute atomic E-state index is 0.310. The number of para-hydroxylation sites is 2. The first-order valence-corrected chi connectivity index (χ1v) is 10.1. The number of amides is 3. The van der Waals surface area contributed by atoms with Crippen LogP contribution in [0.15, 0.2) is 77.8 Å². The standard InChI is InChI=1S/C25H24N4O2/c1-16-10-9-11-17(2)21(16)27-25(31)28-23-24(30)29(3)20-15-8-7-14-19(20)22(26-23)18-12-5-4-6-13-18/h4-15,23H,1-3H3,(H2,27,28,31)/t23-/m1/s1. The first kappa shape index (κ1) is 20.3. The molecule has 0 saturated carbocycles. The van der Waals surface area contributed by atoms with Crippen LogP contribution in [0.2, 0.25) is 0 Å². The van der Waals surface area contributed by atoms with Gasteiger partial charge in [0.15, 0.2) is 0 Å². The van der Waals surface area contributed by atoms with Crippen molar-refractivity contribution in [3.05, 3.63) is 95.1 Å². The van der Waals surface area contributed by atoms with E-state index >= 15 is 0 Å². The van der Waals surface area contributed by atoms with Crippen LogP contribution >= 0.6 is 0 Å². The van der Waals surface area contributed by atoms with Crippen molar-refractivity contribution in [1.29, 1.82) is 0 Å². The average Bonchev–Trinajstić information content (AvgIpc) is 2.88. The highest BCUT2D eigenvalue weighted by Crippen LogP contribution is 2.27. The number of rotatable bonds is 3. The van der Waals surface area contributed by atoms with Crippen LogP contribution in [0.3, 0.4) is 0 Å². The van der Waals surface area contributed by atoms with Gasteiger partial charge in [-0.05, 0) is 31.0 Å². The Morgan fingerprint density at radius 3 is 2.26 bits per heavy atom. The Labute approximate surface area is 181 Å². The van der Waals surface area contributed by atoms with Gasteiger partial charge in [-0.15, -0.1) is 0 Å². The molecule has 1 heterocycles. The number of benzodiazepines with no additional fused rings is 1. The third-order valence-corrected chi connectivity index (χ3v) is 5.38. The molecule has 0 bridgehead atoms. The number of benzene rings is 3. The quantitative estimate of drug-likeness (QED) is 0.674. The van der Waals surface area contributed by atoms with Gasteiger partial charge in [-0.3, -0.25) is 4.79 Å². The number of likely N-dealkylation sites (N-methyl/N-ethyl adjacent to an activating group) is 1. The Kier molecular flexibility index (Phi) is 5.54. The number of hydrogen-bond donors (Lipinski definition) is 2. The molecule has 1 atom stereocenters. The van der Waals surface area contributed by atoms with Gasteiger partial charge in [0.25, 0.3) is 5.91 Å². The summed E-state index contributed by atoms with van der Waals surface area (Å²) in [6, 6.07) is 22.6. The van der Waals surface area contributed by atoms with E-state index in [2.05, 4.69) is 10.6 Å². The van der Waals surface area contributed by atoms with Crippen LogP contribution in [0.4, 0.5) is 16.2 Å². The highest BCUT2D eigenvalue weighted by molar-refractivity contribution is 6.20. The summed E-state index contributed by atoms with van der Waals surface area (Å²) < 4.78 is 0. The molecule has 2 N–H and O–H groups in total. The summed E-state index contributed by atoms with van der Waals surface area (Å²) in [7, 11) is 1.70. The van der Waals surface area contributed by atoms with E-state index in [0.29, 0.717) is 5.71 Å². The second-order valence-corrected chi connectivity index (χ2v) is 7.53. The number of anilines is 2. The zero-order valence-corrected chi connectivity index (χ0v) is 17.7. The van der Waals surface area contributed by atoms with E-state index in [1.165, 1.54) is 0 Å². The lowest BCUT2D eigenvalue weighted by molar-refractivity contribution is -0.119. The van der Waals surface area contributed by atoms with Crippen LogP contribution in [0.25, 0.3) is 0 Å². The van der Waals surface area contributed by atoms with Gasteiger partial charge < -0.3 is 15.5 Å². The van der Waals surface area contributed by atoms with E-state index in [0.717, 1.165) is 33.6 Å². The Bertz CT molecular complexity index is 1150. The maximum Gasteiger partial charge on any atom is 0.321 e. The van der Waals surface area contributed by atoms with Gasteiger partial charge >= 0.3 is 6.03 Å². The molecule has 4 rings (SSSR count). The number of aliphatic imine (C=N–C) groups is 1. The van der Waals surface area contributed by atoms with Crippen LogP contribution in [0.5, 0.6) is 0 Å². The van der Waals surface area contributed by atoms with Crippen LogP contribution in [0, 0.1) is 13.8 Å². The van der Waals surface area contributed by atoms with Gasteiger partial charge in [0.05, 0.1) is 11.4 Å². The van der Waals surface area contributed by atoms with Crippen molar-refractivity contribution in [1.82, 2.24) is 5.32 Å². The average molecular weight is 412 g/mol. The van der Waals surface area contributed by atoms with Gasteiger partial charge in [-0.25, -0.2) is 9.79 Å². The van der Waals surface area contributed by atoms with Crippen LogP contribution in [-0.4, -0.2) is 30.9 Å². The monoisotopic (exact) mass is 412 g/mol. The Morgan fingerprint density at radius 2 is 1.55 bits per heavy atom. The normalized spacial score (nSPS) is 15.6. The second-order valence-electron chi connectivity index (χ2n) is 7.53. The molecule has 0 aliphatic carbocycles. The third-order valence-electron chi connectivity index (χ3n) is 5.38. The van der Waals surface area contributed by atoms with E-state index in [-0.39, 0.29) is 5.91 Å². The van der Waals surface area contributed by atoms with Gasteiger partial charge in [0.1, 0.15) is 0 Å². The number of fused-ring (bicyclic) bond motifs is 1. The molecule has 0 saturated heterocycles. The number of urea groups is 1. The van der Waals surface area contributed by atoms with E-state index in [9.17, 15) is 9.59 Å². The lowest BCUT2D eigenvalue weighted by Crippen LogP contribution is -2.47. The summed E-state index contributed by atoms with van der Waals surface area (Å²) in [4.78, 5) is 32.2. The van der Waals surface area contributed by atoms with E-state index in [1.54, 1.807) is 11.9 Å². The summed E-state index contributed by atoms with van der Waals surface area (Å²) in [6.45, 7) is 3.85. The number of hydrogen-bond acceptors (Lipinski definition) is 3. The van der Waals surface area contributed by atoms with Crippen molar-refractivity contribution in [2.45, 2.75) is 20.0 Å². The summed E-state index contributed by atoms with van der Waals surface area (Å²) in [6.07, 6.45) is -1.06. The van der Waals surface area contributed by atoms with Gasteiger partial charge in [-0.1, -0.05) is 66.7 Å². The molecular weight excluding hydrogens is 388 g/mol. The Morgan fingerprint density at radius 1 is 0.903 bits per heavy atom. The molecule has 31 heavy (non-hydrogen) atoms. The van der Waals surface area contributed by atoms with Gasteiger partial charge in [0.2, 0.25) is 6.17 Å². The molecule has 1 aliphatic rings. The predicted octanol–water partition coefficient (Wildman–Crippen LogP) is 4.27. The SMILES string of the molecule is Cc1cccc(C)c1NC(=O)N[C@H]1N=C(c2ccccc2)c2ccccc2N(C)C1=O. The number of nitrogens with zero attached hydrogens (tertiary/aromatic N) is 2.